The number of nitrogens with one attached hydrogen (secondary N) is 1. The van der Waals surface area contributed by atoms with E-state index in [2.05, 4.69) is 5.32 Å². The normalized spacial score (nSPS) is 11.6. The first-order valence-electron chi connectivity index (χ1n) is 7.26. The lowest BCUT2D eigenvalue weighted by Crippen LogP contribution is -2.12. The summed E-state index contributed by atoms with van der Waals surface area (Å²) in [6, 6.07) is 14.4. The van der Waals surface area contributed by atoms with Crippen LogP contribution in [-0.4, -0.2) is 11.9 Å². The van der Waals surface area contributed by atoms with E-state index in [9.17, 15) is 9.59 Å². The molecule has 0 radical (unpaired) electrons. The van der Waals surface area contributed by atoms with Crippen LogP contribution in [0.1, 0.15) is 31.1 Å². The maximum absolute atomic E-state index is 12.1. The van der Waals surface area contributed by atoms with Crippen molar-refractivity contribution in [1.29, 1.82) is 0 Å². The molecule has 5 heteroatoms. The summed E-state index contributed by atoms with van der Waals surface area (Å²) in [5.41, 5.74) is 2.21. The monoisotopic (exact) mass is 331 g/mol. The summed E-state index contributed by atoms with van der Waals surface area (Å²) < 4.78 is 5.45. The molecular weight excluding hydrogens is 314 g/mol. The molecule has 1 N–H and O–H groups in total. The van der Waals surface area contributed by atoms with Gasteiger partial charge in [0.25, 0.3) is 0 Å². The van der Waals surface area contributed by atoms with Crippen LogP contribution in [0.15, 0.2) is 48.5 Å². The van der Waals surface area contributed by atoms with Crippen molar-refractivity contribution in [1.82, 2.24) is 0 Å². The van der Waals surface area contributed by atoms with Crippen LogP contribution in [0.25, 0.3) is 0 Å². The SMILES string of the molecule is CC(=O)Nc1cccc([C@@H](C)OC(=O)Cc2ccccc2Cl)c1. The fourth-order valence-corrected chi connectivity index (χ4v) is 2.38. The Morgan fingerprint density at radius 2 is 1.91 bits per heavy atom. The van der Waals surface area contributed by atoms with Gasteiger partial charge in [0.05, 0.1) is 6.42 Å². The van der Waals surface area contributed by atoms with E-state index >= 15 is 0 Å². The molecule has 120 valence electrons. The van der Waals surface area contributed by atoms with Crippen LogP contribution < -0.4 is 5.32 Å². The average Bonchev–Trinajstić information content (AvgIpc) is 2.49. The zero-order valence-electron chi connectivity index (χ0n) is 13.0. The van der Waals surface area contributed by atoms with Gasteiger partial charge in [-0.25, -0.2) is 0 Å². The number of halogens is 1. The highest BCUT2D eigenvalue weighted by atomic mass is 35.5. The number of hydrogen-bond acceptors (Lipinski definition) is 3. The largest absolute Gasteiger partial charge is 0.458 e. The summed E-state index contributed by atoms with van der Waals surface area (Å²) >= 11 is 6.04. The van der Waals surface area contributed by atoms with Crippen molar-refractivity contribution in [3.63, 3.8) is 0 Å². The number of carbonyl (C=O) groups excluding carboxylic acids is 2. The molecule has 1 amide bonds. The number of esters is 1. The van der Waals surface area contributed by atoms with Crippen molar-refractivity contribution < 1.29 is 14.3 Å². The van der Waals surface area contributed by atoms with Gasteiger partial charge < -0.3 is 10.1 Å². The third-order valence-electron chi connectivity index (χ3n) is 3.28. The summed E-state index contributed by atoms with van der Waals surface area (Å²) in [6.45, 7) is 3.23. The molecule has 0 unspecified atom stereocenters. The zero-order valence-corrected chi connectivity index (χ0v) is 13.8. The van der Waals surface area contributed by atoms with Crippen LogP contribution >= 0.6 is 11.6 Å². The van der Waals surface area contributed by atoms with Crippen LogP contribution in [-0.2, 0) is 20.7 Å². The Hall–Kier alpha value is -2.33. The molecule has 0 spiro atoms. The van der Waals surface area contributed by atoms with Crippen molar-refractivity contribution in [2.75, 3.05) is 5.32 Å². The molecule has 0 aliphatic carbocycles. The standard InChI is InChI=1S/C18H18ClNO3/c1-12(14-7-5-8-16(10-14)20-13(2)21)23-18(22)11-15-6-3-4-9-17(15)19/h3-10,12H,11H2,1-2H3,(H,20,21)/t12-/m1/s1. The van der Waals surface area contributed by atoms with E-state index in [0.29, 0.717) is 10.7 Å². The van der Waals surface area contributed by atoms with Gasteiger partial charge in [0.2, 0.25) is 5.91 Å². The molecule has 0 aromatic heterocycles. The minimum absolute atomic E-state index is 0.120. The van der Waals surface area contributed by atoms with E-state index in [4.69, 9.17) is 16.3 Å². The molecule has 2 aromatic carbocycles. The van der Waals surface area contributed by atoms with Crippen molar-refractivity contribution >= 4 is 29.2 Å². The van der Waals surface area contributed by atoms with E-state index in [1.165, 1.54) is 6.92 Å². The van der Waals surface area contributed by atoms with Gasteiger partial charge in [-0.05, 0) is 36.2 Å². The Labute approximate surface area is 140 Å². The highest BCUT2D eigenvalue weighted by molar-refractivity contribution is 6.31. The molecule has 0 saturated carbocycles. The van der Waals surface area contributed by atoms with E-state index < -0.39 is 6.10 Å². The maximum atomic E-state index is 12.1. The summed E-state index contributed by atoms with van der Waals surface area (Å²) in [4.78, 5) is 23.2. The first kappa shape index (κ1) is 17.0. The highest BCUT2D eigenvalue weighted by Gasteiger charge is 2.14. The quantitative estimate of drug-likeness (QED) is 0.837. The minimum atomic E-state index is -0.418. The van der Waals surface area contributed by atoms with Crippen molar-refractivity contribution in [3.8, 4) is 0 Å². The van der Waals surface area contributed by atoms with E-state index in [-0.39, 0.29) is 18.3 Å². The van der Waals surface area contributed by atoms with Gasteiger partial charge >= 0.3 is 5.97 Å². The predicted molar refractivity (Wildman–Crippen MR) is 90.4 cm³/mol. The molecule has 1 atom stereocenters. The number of benzene rings is 2. The van der Waals surface area contributed by atoms with Crippen molar-refractivity contribution in [3.05, 3.63) is 64.7 Å². The van der Waals surface area contributed by atoms with Crippen molar-refractivity contribution in [2.45, 2.75) is 26.4 Å². The summed E-state index contributed by atoms with van der Waals surface area (Å²) in [6.07, 6.45) is -0.297. The van der Waals surface area contributed by atoms with Crippen LogP contribution in [0.3, 0.4) is 0 Å². The fourth-order valence-electron chi connectivity index (χ4n) is 2.18. The van der Waals surface area contributed by atoms with Gasteiger partial charge in [-0.3, -0.25) is 9.59 Å². The Morgan fingerprint density at radius 3 is 2.61 bits per heavy atom. The number of carbonyl (C=O) groups is 2. The molecule has 23 heavy (non-hydrogen) atoms. The Kier molecular flexibility index (Phi) is 5.77. The zero-order chi connectivity index (χ0) is 16.8. The number of rotatable bonds is 5. The average molecular weight is 332 g/mol. The summed E-state index contributed by atoms with van der Waals surface area (Å²) in [5.74, 6) is -0.499. The smallest absolute Gasteiger partial charge is 0.310 e. The molecule has 0 saturated heterocycles. The summed E-state index contributed by atoms with van der Waals surface area (Å²) in [7, 11) is 0. The van der Waals surface area contributed by atoms with Gasteiger partial charge in [0, 0.05) is 17.6 Å². The lowest BCUT2D eigenvalue weighted by molar-refractivity contribution is -0.147. The Bertz CT molecular complexity index is 715. The fraction of sp³-hybridized carbons (Fsp3) is 0.222. The second kappa shape index (κ2) is 7.79. The molecule has 2 rings (SSSR count). The molecule has 0 fully saturated rings. The van der Waals surface area contributed by atoms with Gasteiger partial charge in [-0.15, -0.1) is 0 Å². The Morgan fingerprint density at radius 1 is 1.17 bits per heavy atom. The first-order valence-corrected chi connectivity index (χ1v) is 7.64. The van der Waals surface area contributed by atoms with E-state index in [0.717, 1.165) is 11.1 Å². The lowest BCUT2D eigenvalue weighted by atomic mass is 10.1. The van der Waals surface area contributed by atoms with Crippen LogP contribution in [0.2, 0.25) is 5.02 Å². The van der Waals surface area contributed by atoms with Gasteiger partial charge in [-0.1, -0.05) is 41.9 Å². The summed E-state index contributed by atoms with van der Waals surface area (Å²) in [5, 5.41) is 3.25. The van der Waals surface area contributed by atoms with Crippen LogP contribution in [0, 0.1) is 0 Å². The molecule has 4 nitrogen and oxygen atoms in total. The molecule has 0 aliphatic rings. The van der Waals surface area contributed by atoms with Gasteiger partial charge in [0.15, 0.2) is 0 Å². The first-order chi connectivity index (χ1) is 11.0. The molecule has 0 aliphatic heterocycles. The van der Waals surface area contributed by atoms with Gasteiger partial charge in [0.1, 0.15) is 6.10 Å². The molecule has 0 heterocycles. The minimum Gasteiger partial charge on any atom is -0.458 e. The number of anilines is 1. The molecule has 0 bridgehead atoms. The van der Waals surface area contributed by atoms with Crippen molar-refractivity contribution in [2.24, 2.45) is 0 Å². The highest BCUT2D eigenvalue weighted by Crippen LogP contribution is 2.22. The van der Waals surface area contributed by atoms with Gasteiger partial charge in [-0.2, -0.15) is 0 Å². The number of ether oxygens (including phenoxy) is 1. The maximum Gasteiger partial charge on any atom is 0.310 e. The van der Waals surface area contributed by atoms with Crippen LogP contribution in [0.4, 0.5) is 5.69 Å². The van der Waals surface area contributed by atoms with E-state index in [1.807, 2.05) is 18.2 Å². The number of hydrogen-bond donors (Lipinski definition) is 1. The third kappa shape index (κ3) is 5.11. The molecular formula is C18H18ClNO3. The predicted octanol–water partition coefficient (Wildman–Crippen LogP) is 4.15. The van der Waals surface area contributed by atoms with Crippen LogP contribution in [0.5, 0.6) is 0 Å². The molecule has 2 aromatic rings. The third-order valence-corrected chi connectivity index (χ3v) is 3.65. The number of amides is 1. The lowest BCUT2D eigenvalue weighted by Gasteiger charge is -2.15. The topological polar surface area (TPSA) is 55.4 Å². The second-order valence-electron chi connectivity index (χ2n) is 5.21. The Balaban J connectivity index is 2.01. The second-order valence-corrected chi connectivity index (χ2v) is 5.61. The van der Waals surface area contributed by atoms with E-state index in [1.54, 1.807) is 37.3 Å².